The van der Waals surface area contributed by atoms with Gasteiger partial charge in [0.25, 0.3) is 0 Å². The highest BCUT2D eigenvalue weighted by Crippen LogP contribution is 2.48. The number of rotatable bonds is 36. The molecule has 10 heteroatoms. The molecular weight excluding hydrogens is 873 g/mol. The first-order chi connectivity index (χ1) is 31.4. The maximum atomic E-state index is 12.4. The Morgan fingerprint density at radius 1 is 0.453 bits per heavy atom. The van der Waals surface area contributed by atoms with Crippen molar-refractivity contribution in [3.8, 4) is 0 Å². The molecule has 2 aliphatic heterocycles. The lowest BCUT2D eigenvalue weighted by atomic mass is 9.61. The normalized spacial score (nSPS) is 21.8. The zero-order valence-corrected chi connectivity index (χ0v) is 44.5. The van der Waals surface area contributed by atoms with E-state index in [2.05, 4.69) is 27.0 Å². The van der Waals surface area contributed by atoms with Crippen LogP contribution in [0.15, 0.2) is 24.3 Å². The minimum atomic E-state index is -0.0707. The maximum Gasteiger partial charge on any atom is 0.305 e. The van der Waals surface area contributed by atoms with E-state index in [1.807, 2.05) is 47.0 Å². The van der Waals surface area contributed by atoms with E-state index < -0.39 is 0 Å². The van der Waals surface area contributed by atoms with Crippen LogP contribution in [0.1, 0.15) is 194 Å². The molecule has 6 nitrogen and oxygen atoms in total. The number of unbranched alkanes of at least 4 members (excludes halogenated alkanes) is 16. The lowest BCUT2D eigenvalue weighted by Gasteiger charge is -2.44. The van der Waals surface area contributed by atoms with Gasteiger partial charge in [0.15, 0.2) is 0 Å². The molecule has 3 rings (SSSR count). The van der Waals surface area contributed by atoms with Crippen LogP contribution in [0.4, 0.5) is 0 Å². The highest BCUT2D eigenvalue weighted by molar-refractivity contribution is 8.01. The van der Waals surface area contributed by atoms with Gasteiger partial charge in [0.05, 0.1) is 25.4 Å². The SMILES string of the molecule is C=C1CSCC(OCCOC(=O)CCCCCCCCC2CCC(CCCCC)C(CCCCCCC)C2CCCCCCCCC(=O)OCCOC2CSCC(=C)CSC2)CSC1. The third-order valence-electron chi connectivity index (χ3n) is 13.7. The van der Waals surface area contributed by atoms with Crippen molar-refractivity contribution in [3.05, 3.63) is 24.3 Å². The topological polar surface area (TPSA) is 71.1 Å². The summed E-state index contributed by atoms with van der Waals surface area (Å²) in [6.07, 6.45) is 35.8. The fourth-order valence-electron chi connectivity index (χ4n) is 10.1. The Labute approximate surface area is 411 Å². The third-order valence-corrected chi connectivity index (χ3v) is 18.6. The second-order valence-electron chi connectivity index (χ2n) is 19.4. The molecule has 0 aromatic heterocycles. The van der Waals surface area contributed by atoms with Crippen LogP contribution in [0.3, 0.4) is 0 Å². The summed E-state index contributed by atoms with van der Waals surface area (Å²) in [5.74, 6) is 11.5. The molecule has 1 saturated carbocycles. The first-order valence-corrected chi connectivity index (χ1v) is 31.2. The fourth-order valence-corrected chi connectivity index (χ4v) is 14.6. The van der Waals surface area contributed by atoms with Crippen LogP contribution >= 0.6 is 47.0 Å². The zero-order valence-electron chi connectivity index (χ0n) is 41.2. The van der Waals surface area contributed by atoms with Crippen LogP contribution in [-0.2, 0) is 28.5 Å². The summed E-state index contributed by atoms with van der Waals surface area (Å²) in [7, 11) is 0. The van der Waals surface area contributed by atoms with Gasteiger partial charge in [-0.3, -0.25) is 9.59 Å². The van der Waals surface area contributed by atoms with Crippen molar-refractivity contribution in [2.75, 3.05) is 72.5 Å². The number of esters is 2. The lowest BCUT2D eigenvalue weighted by molar-refractivity contribution is -0.146. The fraction of sp³-hybridized carbons (Fsp3) is 0.889. The monoisotopic (exact) mass is 969 g/mol. The average molecular weight is 970 g/mol. The number of carbonyl (C=O) groups excluding carboxylic acids is 2. The van der Waals surface area contributed by atoms with Crippen molar-refractivity contribution < 1.29 is 28.5 Å². The standard InChI is InChI=1S/C54H96O6S4/c1-5-7-9-14-21-27-51-47(25-19-8-6-2)31-32-48(26-20-15-10-12-17-23-29-53(55)59-35-33-57-49-41-61-37-45(3)38-62-42-49)52(51)28-22-16-11-13-18-24-30-54(56)60-36-34-58-50-43-63-39-46(4)40-64-44-50/h47-52H,3-44H2,1-2H3. The van der Waals surface area contributed by atoms with Gasteiger partial charge in [-0.1, -0.05) is 167 Å². The van der Waals surface area contributed by atoms with Gasteiger partial charge in [-0.05, 0) is 62.2 Å². The molecule has 0 aromatic carbocycles. The molecular formula is C54H96O6S4. The summed E-state index contributed by atoms with van der Waals surface area (Å²) in [5.41, 5.74) is 2.62. The van der Waals surface area contributed by atoms with Gasteiger partial charge in [-0.2, -0.15) is 47.0 Å². The molecule has 0 N–H and O–H groups in total. The lowest BCUT2D eigenvalue weighted by Crippen LogP contribution is -2.35. The molecule has 0 aromatic rings. The minimum absolute atomic E-state index is 0.0695. The third kappa shape index (κ3) is 28.9. The predicted octanol–water partition coefficient (Wildman–Crippen LogP) is 15.4. The molecule has 1 aliphatic carbocycles. The van der Waals surface area contributed by atoms with Crippen LogP contribution in [0.25, 0.3) is 0 Å². The van der Waals surface area contributed by atoms with Crippen LogP contribution in [0.2, 0.25) is 0 Å². The Kier molecular flexibility index (Phi) is 35.9. The van der Waals surface area contributed by atoms with Gasteiger partial charge in [-0.15, -0.1) is 0 Å². The number of ether oxygens (including phenoxy) is 4. The average Bonchev–Trinajstić information content (AvgIpc) is 3.27. The van der Waals surface area contributed by atoms with Crippen LogP contribution in [0.5, 0.6) is 0 Å². The van der Waals surface area contributed by atoms with Crippen molar-refractivity contribution in [1.82, 2.24) is 0 Å². The predicted molar refractivity (Wildman–Crippen MR) is 284 cm³/mol. The molecule has 2 heterocycles. The van der Waals surface area contributed by atoms with Gasteiger partial charge in [-0.25, -0.2) is 0 Å². The molecule has 0 bridgehead atoms. The Morgan fingerprint density at radius 2 is 0.781 bits per heavy atom. The molecule has 2 saturated heterocycles. The quantitative estimate of drug-likeness (QED) is 0.0344. The van der Waals surface area contributed by atoms with E-state index in [4.69, 9.17) is 18.9 Å². The maximum absolute atomic E-state index is 12.4. The van der Waals surface area contributed by atoms with Crippen molar-refractivity contribution in [2.45, 2.75) is 206 Å². The molecule has 4 atom stereocenters. The van der Waals surface area contributed by atoms with E-state index in [0.29, 0.717) is 39.3 Å². The van der Waals surface area contributed by atoms with Crippen LogP contribution in [-0.4, -0.2) is 96.6 Å². The van der Waals surface area contributed by atoms with E-state index in [1.54, 1.807) is 0 Å². The van der Waals surface area contributed by atoms with Crippen LogP contribution < -0.4 is 0 Å². The Hall–Kier alpha value is -0.260. The van der Waals surface area contributed by atoms with Gasteiger partial charge in [0.2, 0.25) is 0 Å². The first kappa shape index (κ1) is 58.1. The van der Waals surface area contributed by atoms with E-state index >= 15 is 0 Å². The summed E-state index contributed by atoms with van der Waals surface area (Å²) in [4.78, 5) is 24.7. The highest BCUT2D eigenvalue weighted by atomic mass is 32.2. The number of carbonyl (C=O) groups is 2. The summed E-state index contributed by atoms with van der Waals surface area (Å²) >= 11 is 7.59. The highest BCUT2D eigenvalue weighted by Gasteiger charge is 2.37. The first-order valence-electron chi connectivity index (χ1n) is 26.6. The Balaban J connectivity index is 1.31. The second kappa shape index (κ2) is 39.6. The van der Waals surface area contributed by atoms with Gasteiger partial charge in [0.1, 0.15) is 13.2 Å². The smallest absolute Gasteiger partial charge is 0.305 e. The van der Waals surface area contributed by atoms with E-state index in [9.17, 15) is 9.59 Å². The molecule has 0 radical (unpaired) electrons. The Bertz CT molecular complexity index is 1180. The number of thioether (sulfide) groups is 4. The minimum Gasteiger partial charge on any atom is -0.463 e. The summed E-state index contributed by atoms with van der Waals surface area (Å²) in [6.45, 7) is 14.6. The summed E-state index contributed by atoms with van der Waals surface area (Å²) < 4.78 is 23.0. The number of hydrogen-bond donors (Lipinski definition) is 0. The largest absolute Gasteiger partial charge is 0.463 e. The van der Waals surface area contributed by atoms with Crippen molar-refractivity contribution in [3.63, 3.8) is 0 Å². The second-order valence-corrected chi connectivity index (χ2v) is 23.6. The molecule has 372 valence electrons. The van der Waals surface area contributed by atoms with Gasteiger partial charge < -0.3 is 18.9 Å². The van der Waals surface area contributed by atoms with Gasteiger partial charge >= 0.3 is 11.9 Å². The molecule has 64 heavy (non-hydrogen) atoms. The van der Waals surface area contributed by atoms with E-state index in [1.165, 1.54) is 152 Å². The molecule has 3 fully saturated rings. The molecule has 0 spiro atoms. The molecule has 3 aliphatic rings. The number of hydrogen-bond acceptors (Lipinski definition) is 10. The molecule has 4 unspecified atom stereocenters. The van der Waals surface area contributed by atoms with Crippen molar-refractivity contribution >= 4 is 59.0 Å². The zero-order chi connectivity index (χ0) is 45.7. The Morgan fingerprint density at radius 3 is 1.19 bits per heavy atom. The van der Waals surface area contributed by atoms with Crippen LogP contribution in [0, 0.1) is 23.7 Å². The van der Waals surface area contributed by atoms with Crippen molar-refractivity contribution in [2.24, 2.45) is 23.7 Å². The van der Waals surface area contributed by atoms with E-state index in [0.717, 1.165) is 95.4 Å². The van der Waals surface area contributed by atoms with E-state index in [-0.39, 0.29) is 24.1 Å². The van der Waals surface area contributed by atoms with Gasteiger partial charge in [0, 0.05) is 58.9 Å². The summed E-state index contributed by atoms with van der Waals surface area (Å²) in [6, 6.07) is 0. The summed E-state index contributed by atoms with van der Waals surface area (Å²) in [5, 5.41) is 0. The van der Waals surface area contributed by atoms with Crippen molar-refractivity contribution in [1.29, 1.82) is 0 Å². The molecule has 0 amide bonds.